The summed E-state index contributed by atoms with van der Waals surface area (Å²) in [5.74, 6) is 1.04. The molecule has 0 spiro atoms. The van der Waals surface area contributed by atoms with E-state index >= 15 is 0 Å². The first kappa shape index (κ1) is 11.8. The summed E-state index contributed by atoms with van der Waals surface area (Å²) in [5, 5.41) is 4.43. The van der Waals surface area contributed by atoms with E-state index in [9.17, 15) is 0 Å². The van der Waals surface area contributed by atoms with Crippen molar-refractivity contribution in [3.8, 4) is 0 Å². The number of imidazole rings is 1. The monoisotopic (exact) mass is 261 g/mol. The van der Waals surface area contributed by atoms with Crippen molar-refractivity contribution in [2.75, 3.05) is 6.54 Å². The van der Waals surface area contributed by atoms with Gasteiger partial charge >= 0.3 is 0 Å². The standard InChI is InChI=1S/C14H16ClN3/c15-11-2-3-12-10(9-11)1-4-13(12)16-6-5-14-17-7-8-18-14/h2-3,7-9,13,16H,1,4-6H2,(H,17,18). The first-order valence-corrected chi connectivity index (χ1v) is 6.71. The van der Waals surface area contributed by atoms with Crippen LogP contribution in [0.4, 0.5) is 0 Å². The van der Waals surface area contributed by atoms with Gasteiger partial charge in [-0.05, 0) is 36.1 Å². The molecule has 0 aliphatic heterocycles. The van der Waals surface area contributed by atoms with Crippen molar-refractivity contribution in [2.45, 2.75) is 25.3 Å². The Labute approximate surface area is 112 Å². The van der Waals surface area contributed by atoms with E-state index in [0.29, 0.717) is 6.04 Å². The van der Waals surface area contributed by atoms with E-state index < -0.39 is 0 Å². The van der Waals surface area contributed by atoms with Gasteiger partial charge in [-0.1, -0.05) is 17.7 Å². The molecule has 1 aliphatic rings. The number of aromatic amines is 1. The summed E-state index contributed by atoms with van der Waals surface area (Å²) in [6.45, 7) is 0.945. The van der Waals surface area contributed by atoms with Crippen molar-refractivity contribution in [1.82, 2.24) is 15.3 Å². The molecule has 18 heavy (non-hydrogen) atoms. The zero-order valence-electron chi connectivity index (χ0n) is 10.1. The molecule has 1 atom stereocenters. The Bertz CT molecular complexity index is 522. The summed E-state index contributed by atoms with van der Waals surface area (Å²) in [5.41, 5.74) is 2.79. The number of benzene rings is 1. The fourth-order valence-corrected chi connectivity index (χ4v) is 2.79. The van der Waals surface area contributed by atoms with Crippen LogP contribution in [0.15, 0.2) is 30.6 Å². The molecule has 1 aromatic carbocycles. The van der Waals surface area contributed by atoms with Gasteiger partial charge in [-0.15, -0.1) is 0 Å². The van der Waals surface area contributed by atoms with E-state index in [4.69, 9.17) is 11.6 Å². The highest BCUT2D eigenvalue weighted by molar-refractivity contribution is 6.30. The van der Waals surface area contributed by atoms with E-state index in [1.165, 1.54) is 11.1 Å². The molecule has 2 aromatic rings. The molecule has 4 heteroatoms. The third kappa shape index (κ3) is 2.42. The number of H-pyrrole nitrogens is 1. The summed E-state index contributed by atoms with van der Waals surface area (Å²) in [7, 11) is 0. The average Bonchev–Trinajstić information content (AvgIpc) is 2.99. The van der Waals surface area contributed by atoms with Gasteiger partial charge in [0.05, 0.1) is 0 Å². The van der Waals surface area contributed by atoms with Crippen LogP contribution in [-0.4, -0.2) is 16.5 Å². The maximum atomic E-state index is 6.01. The second-order valence-corrected chi connectivity index (χ2v) is 5.11. The lowest BCUT2D eigenvalue weighted by atomic mass is 10.1. The van der Waals surface area contributed by atoms with Crippen molar-refractivity contribution in [3.63, 3.8) is 0 Å². The second-order valence-electron chi connectivity index (χ2n) is 4.67. The maximum Gasteiger partial charge on any atom is 0.107 e. The van der Waals surface area contributed by atoms with Crippen LogP contribution in [0.3, 0.4) is 0 Å². The molecule has 1 heterocycles. The molecule has 0 bridgehead atoms. The third-order valence-corrected chi connectivity index (χ3v) is 3.73. The van der Waals surface area contributed by atoms with Crippen molar-refractivity contribution < 1.29 is 0 Å². The summed E-state index contributed by atoms with van der Waals surface area (Å²) < 4.78 is 0. The number of nitrogens with zero attached hydrogens (tertiary/aromatic N) is 1. The molecule has 0 radical (unpaired) electrons. The van der Waals surface area contributed by atoms with Gasteiger partial charge in [0.25, 0.3) is 0 Å². The van der Waals surface area contributed by atoms with E-state index in [-0.39, 0.29) is 0 Å². The van der Waals surface area contributed by atoms with E-state index in [2.05, 4.69) is 27.4 Å². The molecule has 1 aliphatic carbocycles. The summed E-state index contributed by atoms with van der Waals surface area (Å²) >= 11 is 6.01. The number of rotatable bonds is 4. The Hall–Kier alpha value is -1.32. The summed E-state index contributed by atoms with van der Waals surface area (Å²) in [4.78, 5) is 7.34. The number of aromatic nitrogens is 2. The van der Waals surface area contributed by atoms with Crippen LogP contribution in [0.5, 0.6) is 0 Å². The van der Waals surface area contributed by atoms with Gasteiger partial charge in [-0.2, -0.15) is 0 Å². The van der Waals surface area contributed by atoms with Gasteiger partial charge in [0, 0.05) is 36.4 Å². The topological polar surface area (TPSA) is 40.7 Å². The normalized spacial score (nSPS) is 17.9. The van der Waals surface area contributed by atoms with Crippen molar-refractivity contribution in [2.24, 2.45) is 0 Å². The first-order chi connectivity index (χ1) is 8.83. The van der Waals surface area contributed by atoms with Crippen molar-refractivity contribution >= 4 is 11.6 Å². The number of halogens is 1. The van der Waals surface area contributed by atoms with E-state index in [1.54, 1.807) is 6.20 Å². The lowest BCUT2D eigenvalue weighted by molar-refractivity contribution is 0.530. The zero-order valence-corrected chi connectivity index (χ0v) is 10.9. The zero-order chi connectivity index (χ0) is 12.4. The molecule has 94 valence electrons. The van der Waals surface area contributed by atoms with Gasteiger partial charge in [0.1, 0.15) is 5.82 Å². The highest BCUT2D eigenvalue weighted by Crippen LogP contribution is 2.32. The third-order valence-electron chi connectivity index (χ3n) is 3.49. The molecule has 0 fully saturated rings. The van der Waals surface area contributed by atoms with Crippen LogP contribution in [0.2, 0.25) is 5.02 Å². The molecule has 2 N–H and O–H groups in total. The highest BCUT2D eigenvalue weighted by Gasteiger charge is 2.21. The Morgan fingerprint density at radius 1 is 1.44 bits per heavy atom. The van der Waals surface area contributed by atoms with Crippen LogP contribution in [0.1, 0.15) is 29.4 Å². The lowest BCUT2D eigenvalue weighted by Crippen LogP contribution is -2.22. The second kappa shape index (κ2) is 5.12. The first-order valence-electron chi connectivity index (χ1n) is 6.33. The largest absolute Gasteiger partial charge is 0.349 e. The molecule has 1 unspecified atom stereocenters. The highest BCUT2D eigenvalue weighted by atomic mass is 35.5. The average molecular weight is 262 g/mol. The summed E-state index contributed by atoms with van der Waals surface area (Å²) in [6.07, 6.45) is 6.87. The van der Waals surface area contributed by atoms with Crippen LogP contribution in [-0.2, 0) is 12.8 Å². The molecule has 3 rings (SSSR count). The smallest absolute Gasteiger partial charge is 0.107 e. The van der Waals surface area contributed by atoms with E-state index in [0.717, 1.165) is 36.7 Å². The Morgan fingerprint density at radius 2 is 2.39 bits per heavy atom. The lowest BCUT2D eigenvalue weighted by Gasteiger charge is -2.13. The predicted octanol–water partition coefficient (Wildman–Crippen LogP) is 2.88. The Balaban J connectivity index is 1.59. The van der Waals surface area contributed by atoms with Crippen LogP contribution in [0, 0.1) is 0 Å². The van der Waals surface area contributed by atoms with Gasteiger partial charge in [0.2, 0.25) is 0 Å². The SMILES string of the molecule is Clc1ccc2c(c1)CCC2NCCc1ncc[nH]1. The quantitative estimate of drug-likeness (QED) is 0.889. The van der Waals surface area contributed by atoms with Crippen LogP contribution >= 0.6 is 11.6 Å². The predicted molar refractivity (Wildman–Crippen MR) is 72.8 cm³/mol. The molecular formula is C14H16ClN3. The minimum absolute atomic E-state index is 0.465. The summed E-state index contributed by atoms with van der Waals surface area (Å²) in [6, 6.07) is 6.68. The van der Waals surface area contributed by atoms with Gasteiger partial charge in [-0.3, -0.25) is 0 Å². The number of hydrogen-bond acceptors (Lipinski definition) is 2. The minimum Gasteiger partial charge on any atom is -0.349 e. The maximum absolute atomic E-state index is 6.01. The van der Waals surface area contributed by atoms with Crippen molar-refractivity contribution in [3.05, 3.63) is 52.6 Å². The molecule has 1 aromatic heterocycles. The molecular weight excluding hydrogens is 246 g/mol. The van der Waals surface area contributed by atoms with Crippen molar-refractivity contribution in [1.29, 1.82) is 0 Å². The van der Waals surface area contributed by atoms with Crippen LogP contribution in [0.25, 0.3) is 0 Å². The van der Waals surface area contributed by atoms with E-state index in [1.807, 2.05) is 12.3 Å². The van der Waals surface area contributed by atoms with Gasteiger partial charge in [0.15, 0.2) is 0 Å². The fourth-order valence-electron chi connectivity index (χ4n) is 2.60. The van der Waals surface area contributed by atoms with Gasteiger partial charge in [-0.25, -0.2) is 4.98 Å². The molecule has 0 amide bonds. The Kier molecular flexibility index (Phi) is 3.35. The van der Waals surface area contributed by atoms with Crippen LogP contribution < -0.4 is 5.32 Å². The number of fused-ring (bicyclic) bond motifs is 1. The molecule has 3 nitrogen and oxygen atoms in total. The van der Waals surface area contributed by atoms with Gasteiger partial charge < -0.3 is 10.3 Å². The number of nitrogens with one attached hydrogen (secondary N) is 2. The molecule has 0 saturated carbocycles. The Morgan fingerprint density at radius 3 is 3.22 bits per heavy atom. The fraction of sp³-hybridized carbons (Fsp3) is 0.357. The number of aryl methyl sites for hydroxylation is 1. The molecule has 0 saturated heterocycles. The minimum atomic E-state index is 0.465. The number of hydrogen-bond donors (Lipinski definition) is 2.